The van der Waals surface area contributed by atoms with Crippen molar-refractivity contribution in [3.8, 4) is 34.3 Å². The molecule has 0 saturated carbocycles. The van der Waals surface area contributed by atoms with Crippen LogP contribution >= 0.6 is 11.8 Å². The second kappa shape index (κ2) is 11.3. The van der Waals surface area contributed by atoms with E-state index in [1.807, 2.05) is 91.0 Å². The lowest BCUT2D eigenvalue weighted by molar-refractivity contribution is -0.113. The number of anilines is 1. The molecule has 0 unspecified atom stereocenters. The molecule has 0 bridgehead atoms. The highest BCUT2D eigenvalue weighted by atomic mass is 32.2. The second-order valence-electron chi connectivity index (χ2n) is 7.86. The number of H-pyrrole nitrogens is 1. The maximum absolute atomic E-state index is 12.8. The van der Waals surface area contributed by atoms with E-state index in [0.717, 1.165) is 28.6 Å². The lowest BCUT2D eigenvalue weighted by Gasteiger charge is -2.03. The molecule has 8 nitrogen and oxygen atoms in total. The number of amides is 1. The molecular formula is C28H21N5O3S. The third-order valence-electron chi connectivity index (χ3n) is 5.33. The summed E-state index contributed by atoms with van der Waals surface area (Å²) in [6.45, 7) is 0.228. The van der Waals surface area contributed by atoms with Crippen molar-refractivity contribution in [3.63, 3.8) is 0 Å². The number of carbonyl (C=O) groups excluding carboxylic acids is 1. The van der Waals surface area contributed by atoms with Crippen LogP contribution in [0.5, 0.6) is 5.75 Å². The topological polar surface area (TPSA) is 117 Å². The number of nitrogens with zero attached hydrogens (tertiary/aromatic N) is 3. The fourth-order valence-electron chi connectivity index (χ4n) is 3.67. The molecule has 3 aromatic carbocycles. The summed E-state index contributed by atoms with van der Waals surface area (Å²) >= 11 is 1.16. The summed E-state index contributed by atoms with van der Waals surface area (Å²) in [5.41, 5.74) is 2.53. The Morgan fingerprint density at radius 2 is 1.62 bits per heavy atom. The molecule has 0 atom stereocenters. The van der Waals surface area contributed by atoms with E-state index < -0.39 is 0 Å². The van der Waals surface area contributed by atoms with Crippen LogP contribution in [0, 0.1) is 11.3 Å². The maximum Gasteiger partial charge on any atom is 0.237 e. The van der Waals surface area contributed by atoms with Crippen LogP contribution in [0.2, 0.25) is 0 Å². The second-order valence-corrected chi connectivity index (χ2v) is 8.80. The molecular weight excluding hydrogens is 486 g/mol. The van der Waals surface area contributed by atoms with Gasteiger partial charge in [-0.15, -0.1) is 5.10 Å². The molecule has 0 spiro atoms. The number of benzene rings is 3. The zero-order valence-electron chi connectivity index (χ0n) is 19.5. The van der Waals surface area contributed by atoms with Gasteiger partial charge in [0.15, 0.2) is 5.82 Å². The van der Waals surface area contributed by atoms with Gasteiger partial charge in [0.2, 0.25) is 16.9 Å². The third kappa shape index (κ3) is 5.72. The summed E-state index contributed by atoms with van der Waals surface area (Å²) in [4.78, 5) is 17.1. The van der Waals surface area contributed by atoms with Gasteiger partial charge in [0, 0.05) is 11.1 Å². The van der Waals surface area contributed by atoms with Gasteiger partial charge in [-0.1, -0.05) is 90.6 Å². The Morgan fingerprint density at radius 3 is 2.30 bits per heavy atom. The predicted octanol–water partition coefficient (Wildman–Crippen LogP) is 5.91. The van der Waals surface area contributed by atoms with Crippen LogP contribution in [0.25, 0.3) is 22.5 Å². The number of hydrogen-bond donors (Lipinski definition) is 2. The minimum absolute atomic E-state index is 0.0315. The lowest BCUT2D eigenvalue weighted by atomic mass is 9.98. The third-order valence-corrected chi connectivity index (χ3v) is 6.18. The Bertz CT molecular complexity index is 1530. The number of para-hydroxylation sites is 1. The molecule has 0 aliphatic carbocycles. The molecule has 0 aliphatic rings. The zero-order chi connectivity index (χ0) is 25.5. The predicted molar refractivity (Wildman–Crippen MR) is 141 cm³/mol. The minimum atomic E-state index is -0.346. The van der Waals surface area contributed by atoms with Crippen molar-refractivity contribution in [1.29, 1.82) is 5.26 Å². The van der Waals surface area contributed by atoms with E-state index in [4.69, 9.17) is 9.15 Å². The van der Waals surface area contributed by atoms with Gasteiger partial charge in [0.1, 0.15) is 29.7 Å². The van der Waals surface area contributed by atoms with Gasteiger partial charge in [-0.25, -0.2) is 4.98 Å². The molecule has 182 valence electrons. The quantitative estimate of drug-likeness (QED) is 0.238. The highest BCUT2D eigenvalue weighted by Gasteiger charge is 2.24. The van der Waals surface area contributed by atoms with Gasteiger partial charge in [0.05, 0.1) is 5.75 Å². The number of nitrogens with one attached hydrogen (secondary N) is 2. The Kier molecular flexibility index (Phi) is 7.29. The molecule has 0 fully saturated rings. The van der Waals surface area contributed by atoms with Crippen LogP contribution in [0.3, 0.4) is 0 Å². The van der Waals surface area contributed by atoms with Crippen molar-refractivity contribution in [2.24, 2.45) is 0 Å². The van der Waals surface area contributed by atoms with Gasteiger partial charge < -0.3 is 9.15 Å². The normalized spacial score (nSPS) is 10.6. The number of aromatic amines is 1. The molecule has 2 aromatic heterocycles. The minimum Gasteiger partial charge on any atom is -0.486 e. The number of rotatable bonds is 9. The highest BCUT2D eigenvalue weighted by Crippen LogP contribution is 2.41. The standard InChI is InChI=1S/C28H21N5O3S/c29-16-22-25(19-10-4-1-5-11-19)26(20-12-6-2-7-13-20)36-27(22)31-24(34)18-37-28-30-23(32-33-28)17-35-21-14-8-3-9-15-21/h1-15H,17-18H2,(H,31,34)(H,30,32,33). The molecule has 1 amide bonds. The summed E-state index contributed by atoms with van der Waals surface area (Å²) in [6, 6.07) is 30.6. The summed E-state index contributed by atoms with van der Waals surface area (Å²) in [5.74, 6) is 1.58. The van der Waals surface area contributed by atoms with E-state index in [9.17, 15) is 10.1 Å². The van der Waals surface area contributed by atoms with Crippen LogP contribution < -0.4 is 10.1 Å². The van der Waals surface area contributed by atoms with E-state index in [2.05, 4.69) is 26.6 Å². The Balaban J connectivity index is 1.29. The van der Waals surface area contributed by atoms with Gasteiger partial charge in [-0.3, -0.25) is 15.2 Å². The van der Waals surface area contributed by atoms with Crippen molar-refractivity contribution >= 4 is 23.6 Å². The van der Waals surface area contributed by atoms with Crippen molar-refractivity contribution in [2.45, 2.75) is 11.8 Å². The SMILES string of the molecule is N#Cc1c(NC(=O)CSc2n[nH]c(COc3ccccc3)n2)oc(-c2ccccc2)c1-c1ccccc1. The summed E-state index contributed by atoms with van der Waals surface area (Å²) in [5, 5.41) is 20.1. The first-order valence-corrected chi connectivity index (χ1v) is 12.4. The van der Waals surface area contributed by atoms with Crippen LogP contribution in [0.1, 0.15) is 11.4 Å². The Hall–Kier alpha value is -4.81. The number of thioether (sulfide) groups is 1. The van der Waals surface area contributed by atoms with Crippen molar-refractivity contribution in [1.82, 2.24) is 15.2 Å². The smallest absolute Gasteiger partial charge is 0.237 e. The van der Waals surface area contributed by atoms with Crippen LogP contribution in [-0.2, 0) is 11.4 Å². The van der Waals surface area contributed by atoms with Crippen LogP contribution in [-0.4, -0.2) is 26.8 Å². The fourth-order valence-corrected chi connectivity index (χ4v) is 4.28. The lowest BCUT2D eigenvalue weighted by Crippen LogP contribution is -2.14. The summed E-state index contributed by atoms with van der Waals surface area (Å²) in [6.07, 6.45) is 0. The Labute approximate surface area is 217 Å². The molecule has 5 rings (SSSR count). The Morgan fingerprint density at radius 1 is 0.973 bits per heavy atom. The van der Waals surface area contributed by atoms with Crippen molar-refractivity contribution in [3.05, 3.63) is 102 Å². The number of furan rings is 1. The summed E-state index contributed by atoms with van der Waals surface area (Å²) < 4.78 is 11.7. The van der Waals surface area contributed by atoms with E-state index >= 15 is 0 Å². The van der Waals surface area contributed by atoms with Gasteiger partial charge in [-0.2, -0.15) is 5.26 Å². The molecule has 0 aliphatic heterocycles. The van der Waals surface area contributed by atoms with E-state index in [1.165, 1.54) is 0 Å². The molecule has 9 heteroatoms. The zero-order valence-corrected chi connectivity index (χ0v) is 20.4. The first-order valence-electron chi connectivity index (χ1n) is 11.4. The maximum atomic E-state index is 12.8. The molecule has 5 aromatic rings. The van der Waals surface area contributed by atoms with Crippen LogP contribution in [0.15, 0.2) is 101 Å². The van der Waals surface area contributed by atoms with Crippen molar-refractivity contribution < 1.29 is 13.9 Å². The van der Waals surface area contributed by atoms with E-state index in [0.29, 0.717) is 22.3 Å². The summed E-state index contributed by atoms with van der Waals surface area (Å²) in [7, 11) is 0. The number of ether oxygens (including phenoxy) is 1. The molecule has 37 heavy (non-hydrogen) atoms. The highest BCUT2D eigenvalue weighted by molar-refractivity contribution is 7.99. The average Bonchev–Trinajstić information content (AvgIpc) is 3.56. The van der Waals surface area contributed by atoms with Crippen LogP contribution in [0.4, 0.5) is 5.88 Å². The fraction of sp³-hybridized carbons (Fsp3) is 0.0714. The van der Waals surface area contributed by atoms with Gasteiger partial charge in [0.25, 0.3) is 0 Å². The average molecular weight is 508 g/mol. The molecule has 0 radical (unpaired) electrons. The molecule has 0 saturated heterocycles. The first kappa shape index (κ1) is 23.9. The monoisotopic (exact) mass is 507 g/mol. The number of nitriles is 1. The first-order chi connectivity index (χ1) is 18.2. The van der Waals surface area contributed by atoms with E-state index in [1.54, 1.807) is 0 Å². The number of carbonyl (C=O) groups is 1. The van der Waals surface area contributed by atoms with Gasteiger partial charge >= 0.3 is 0 Å². The largest absolute Gasteiger partial charge is 0.486 e. The van der Waals surface area contributed by atoms with Crippen molar-refractivity contribution in [2.75, 3.05) is 11.1 Å². The molecule has 2 N–H and O–H groups in total. The number of aromatic nitrogens is 3. The molecule has 2 heterocycles. The van der Waals surface area contributed by atoms with Gasteiger partial charge in [-0.05, 0) is 17.7 Å². The number of hydrogen-bond acceptors (Lipinski definition) is 7. The van der Waals surface area contributed by atoms with E-state index in [-0.39, 0.29) is 29.7 Å².